The lowest BCUT2D eigenvalue weighted by molar-refractivity contribution is -0.133. The summed E-state index contributed by atoms with van der Waals surface area (Å²) >= 11 is 0. The molecule has 8 nitrogen and oxygen atoms in total. The molecule has 196 valence electrons. The zero-order chi connectivity index (χ0) is 26.8. The van der Waals surface area contributed by atoms with Crippen molar-refractivity contribution in [3.05, 3.63) is 110 Å². The second-order valence-corrected chi connectivity index (χ2v) is 9.86. The van der Waals surface area contributed by atoms with E-state index in [1.54, 1.807) is 27.7 Å². The summed E-state index contributed by atoms with van der Waals surface area (Å²) in [5.74, 6) is -0.365. The van der Waals surface area contributed by atoms with Crippen LogP contribution in [0.25, 0.3) is 11.0 Å². The second kappa shape index (κ2) is 10.7. The third-order valence-electron chi connectivity index (χ3n) is 7.30. The zero-order valence-electron chi connectivity index (χ0n) is 21.2. The summed E-state index contributed by atoms with van der Waals surface area (Å²) in [7, 11) is 1.48. The number of amides is 1. The van der Waals surface area contributed by atoms with Gasteiger partial charge in [0, 0.05) is 31.7 Å². The predicted molar refractivity (Wildman–Crippen MR) is 143 cm³/mol. The van der Waals surface area contributed by atoms with Crippen LogP contribution < -0.4 is 17.0 Å². The van der Waals surface area contributed by atoms with E-state index in [4.69, 9.17) is 10.7 Å². The van der Waals surface area contributed by atoms with E-state index in [0.717, 1.165) is 21.4 Å². The number of aromatic nitrogens is 3. The Labute approximate surface area is 219 Å². The Hall–Kier alpha value is -4.11. The molecule has 0 spiro atoms. The minimum absolute atomic E-state index is 0.0844. The van der Waals surface area contributed by atoms with Gasteiger partial charge < -0.3 is 10.6 Å². The van der Waals surface area contributed by atoms with Gasteiger partial charge in [-0.05, 0) is 54.7 Å². The van der Waals surface area contributed by atoms with Crippen molar-refractivity contribution in [3.63, 3.8) is 0 Å². The maximum Gasteiger partial charge on any atom is 0.332 e. The van der Waals surface area contributed by atoms with Gasteiger partial charge >= 0.3 is 5.69 Å². The highest BCUT2D eigenvalue weighted by molar-refractivity contribution is 5.82. The van der Waals surface area contributed by atoms with Gasteiger partial charge in [0.15, 0.2) is 0 Å². The molecule has 2 aromatic heterocycles. The summed E-state index contributed by atoms with van der Waals surface area (Å²) in [6.45, 7) is 1.38. The monoisotopic (exact) mass is 515 g/mol. The Morgan fingerprint density at radius 3 is 2.37 bits per heavy atom. The van der Waals surface area contributed by atoms with Crippen LogP contribution in [-0.2, 0) is 24.8 Å². The van der Waals surface area contributed by atoms with Crippen LogP contribution in [0.2, 0.25) is 0 Å². The molecular formula is C29H30FN5O3. The van der Waals surface area contributed by atoms with Crippen molar-refractivity contribution in [2.24, 2.45) is 12.8 Å². The van der Waals surface area contributed by atoms with Crippen LogP contribution in [0.15, 0.2) is 76.3 Å². The first-order valence-corrected chi connectivity index (χ1v) is 12.7. The Balaban J connectivity index is 1.34. The molecule has 5 rings (SSSR count). The molecule has 0 aliphatic carbocycles. The van der Waals surface area contributed by atoms with Crippen LogP contribution in [0, 0.1) is 5.82 Å². The van der Waals surface area contributed by atoms with E-state index in [1.807, 2.05) is 36.4 Å². The van der Waals surface area contributed by atoms with Crippen LogP contribution >= 0.6 is 0 Å². The second-order valence-electron chi connectivity index (χ2n) is 9.86. The Morgan fingerprint density at radius 1 is 1.00 bits per heavy atom. The van der Waals surface area contributed by atoms with E-state index in [2.05, 4.69) is 0 Å². The van der Waals surface area contributed by atoms with Crippen molar-refractivity contribution in [3.8, 4) is 0 Å². The van der Waals surface area contributed by atoms with E-state index < -0.39 is 11.7 Å². The Kier molecular flexibility index (Phi) is 7.20. The molecule has 0 bridgehead atoms. The molecule has 9 heteroatoms. The minimum Gasteiger partial charge on any atom is -0.341 e. The largest absolute Gasteiger partial charge is 0.341 e. The number of piperidine rings is 1. The molecule has 1 atom stereocenters. The molecule has 0 saturated carbocycles. The van der Waals surface area contributed by atoms with Gasteiger partial charge in [0.05, 0.1) is 18.0 Å². The molecule has 3 heterocycles. The van der Waals surface area contributed by atoms with Crippen LogP contribution in [0.3, 0.4) is 0 Å². The summed E-state index contributed by atoms with van der Waals surface area (Å²) < 4.78 is 15.8. The summed E-state index contributed by atoms with van der Waals surface area (Å²) in [6.07, 6.45) is 1.74. The number of fused-ring (bicyclic) bond motifs is 1. The van der Waals surface area contributed by atoms with Crippen molar-refractivity contribution in [2.45, 2.75) is 37.8 Å². The van der Waals surface area contributed by atoms with Gasteiger partial charge in [-0.3, -0.25) is 18.7 Å². The number of carbonyl (C=O) groups excluding carboxylic acids is 1. The first-order valence-electron chi connectivity index (χ1n) is 12.7. The molecule has 1 fully saturated rings. The van der Waals surface area contributed by atoms with Gasteiger partial charge in [-0.25, -0.2) is 14.2 Å². The summed E-state index contributed by atoms with van der Waals surface area (Å²) in [6, 6.07) is 18.5. The van der Waals surface area contributed by atoms with Gasteiger partial charge in [-0.2, -0.15) is 0 Å². The summed E-state index contributed by atoms with van der Waals surface area (Å²) in [5.41, 5.74) is 8.33. The van der Waals surface area contributed by atoms with Crippen molar-refractivity contribution >= 4 is 16.9 Å². The fourth-order valence-electron chi connectivity index (χ4n) is 5.10. The van der Waals surface area contributed by atoms with Crippen LogP contribution in [0.1, 0.15) is 35.6 Å². The molecule has 1 saturated heterocycles. The smallest absolute Gasteiger partial charge is 0.332 e. The quantitative estimate of drug-likeness (QED) is 0.425. The van der Waals surface area contributed by atoms with Crippen LogP contribution in [-0.4, -0.2) is 44.1 Å². The lowest BCUT2D eigenvalue weighted by Gasteiger charge is -2.33. The predicted octanol–water partition coefficient (Wildman–Crippen LogP) is 2.56. The summed E-state index contributed by atoms with van der Waals surface area (Å²) in [4.78, 5) is 45.4. The van der Waals surface area contributed by atoms with E-state index in [1.165, 1.54) is 19.2 Å². The highest BCUT2D eigenvalue weighted by atomic mass is 19.1. The number of nitrogens with zero attached hydrogens (tertiary/aromatic N) is 4. The number of carbonyl (C=O) groups is 1. The van der Waals surface area contributed by atoms with Gasteiger partial charge in [-0.15, -0.1) is 0 Å². The SMILES string of the molecule is Cn1c(=O)c2ccc(C3CCN(C(=O)C(N)Cc4ccc(F)cc4)CC3)nc2n(Cc2ccccc2)c1=O. The normalized spacial score (nSPS) is 15.1. The number of likely N-dealkylation sites (tertiary alicyclic amines) is 1. The molecule has 2 N–H and O–H groups in total. The van der Waals surface area contributed by atoms with E-state index >= 15 is 0 Å². The maximum absolute atomic E-state index is 13.2. The molecule has 1 unspecified atom stereocenters. The number of halogens is 1. The lowest BCUT2D eigenvalue weighted by atomic mass is 9.92. The van der Waals surface area contributed by atoms with Gasteiger partial charge in [0.1, 0.15) is 11.5 Å². The zero-order valence-corrected chi connectivity index (χ0v) is 21.2. The number of nitrogens with two attached hydrogens (primary N) is 1. The summed E-state index contributed by atoms with van der Waals surface area (Å²) in [5, 5.41) is 0.395. The third kappa shape index (κ3) is 5.15. The van der Waals surface area contributed by atoms with E-state index in [0.29, 0.717) is 49.9 Å². The lowest BCUT2D eigenvalue weighted by Crippen LogP contribution is -2.47. The van der Waals surface area contributed by atoms with Crippen molar-refractivity contribution < 1.29 is 9.18 Å². The Morgan fingerprint density at radius 2 is 1.68 bits per heavy atom. The molecule has 1 aliphatic heterocycles. The van der Waals surface area contributed by atoms with Crippen LogP contribution in [0.4, 0.5) is 4.39 Å². The van der Waals surface area contributed by atoms with Gasteiger partial charge in [0.2, 0.25) is 5.91 Å². The standard InChI is InChI=1S/C29H30FN5O3/c1-33-27(36)23-11-12-25(32-26(23)35(29(33)38)18-20-5-3-2-4-6-20)21-13-15-34(16-14-21)28(37)24(31)17-19-7-9-22(30)10-8-19/h2-12,21,24H,13-18,31H2,1H3. The van der Waals surface area contributed by atoms with Crippen LogP contribution in [0.5, 0.6) is 0 Å². The first kappa shape index (κ1) is 25.5. The van der Waals surface area contributed by atoms with Crippen molar-refractivity contribution in [1.29, 1.82) is 0 Å². The number of pyridine rings is 1. The molecule has 2 aromatic carbocycles. The Bertz CT molecular complexity index is 1570. The molecule has 1 aliphatic rings. The fourth-order valence-corrected chi connectivity index (χ4v) is 5.10. The first-order chi connectivity index (χ1) is 18.3. The highest BCUT2D eigenvalue weighted by Gasteiger charge is 2.28. The average molecular weight is 516 g/mol. The molecule has 38 heavy (non-hydrogen) atoms. The average Bonchev–Trinajstić information content (AvgIpc) is 2.95. The molecular weight excluding hydrogens is 485 g/mol. The molecule has 0 radical (unpaired) electrons. The van der Waals surface area contributed by atoms with Crippen molar-refractivity contribution in [1.82, 2.24) is 19.0 Å². The maximum atomic E-state index is 13.2. The number of hydrogen-bond donors (Lipinski definition) is 1. The number of rotatable bonds is 6. The topological polar surface area (TPSA) is 103 Å². The van der Waals surface area contributed by atoms with E-state index in [-0.39, 0.29) is 23.2 Å². The van der Waals surface area contributed by atoms with Crippen molar-refractivity contribution in [2.75, 3.05) is 13.1 Å². The fraction of sp³-hybridized carbons (Fsp3) is 0.310. The van der Waals surface area contributed by atoms with E-state index in [9.17, 15) is 18.8 Å². The van der Waals surface area contributed by atoms with Gasteiger partial charge in [-0.1, -0.05) is 42.5 Å². The number of benzene rings is 2. The van der Waals surface area contributed by atoms with Gasteiger partial charge in [0.25, 0.3) is 5.56 Å². The highest BCUT2D eigenvalue weighted by Crippen LogP contribution is 2.28. The third-order valence-corrected chi connectivity index (χ3v) is 7.30. The number of hydrogen-bond acceptors (Lipinski definition) is 5. The molecule has 4 aromatic rings. The minimum atomic E-state index is -0.695. The molecule has 1 amide bonds.